The molecule has 2 amide bonds. The minimum Gasteiger partial charge on any atom is -0.493 e. The lowest BCUT2D eigenvalue weighted by Crippen LogP contribution is -2.32. The fourth-order valence-corrected chi connectivity index (χ4v) is 4.66. The maximum atomic E-state index is 12.9. The second-order valence-electron chi connectivity index (χ2n) is 7.49. The molecule has 32 heavy (non-hydrogen) atoms. The normalized spacial score (nSPS) is 15.8. The topological polar surface area (TPSA) is 55.8 Å². The summed E-state index contributed by atoms with van der Waals surface area (Å²) in [4.78, 5) is 26.6. The fraction of sp³-hybridized carbons (Fsp3) is 0.200. The first-order valence-electron chi connectivity index (χ1n) is 10.1. The number of aryl methyl sites for hydroxylation is 1. The number of carbonyl (C=O) groups excluding carboxylic acids is 2. The number of imide groups is 1. The molecule has 1 aliphatic rings. The van der Waals surface area contributed by atoms with Crippen molar-refractivity contribution < 1.29 is 19.1 Å². The summed E-state index contributed by atoms with van der Waals surface area (Å²) in [5.74, 6) is 0.961. The number of hydrogen-bond acceptors (Lipinski definition) is 5. The minimum atomic E-state index is -0.509. The van der Waals surface area contributed by atoms with Gasteiger partial charge in [-0.25, -0.2) is 4.90 Å². The lowest BCUT2D eigenvalue weighted by molar-refractivity contribution is -0.117. The van der Waals surface area contributed by atoms with Crippen LogP contribution in [0.4, 0.5) is 10.5 Å². The summed E-state index contributed by atoms with van der Waals surface area (Å²) in [7, 11) is 1.58. The van der Waals surface area contributed by atoms with E-state index in [1.165, 1.54) is 10.5 Å². The van der Waals surface area contributed by atoms with E-state index < -0.39 is 5.25 Å². The number of amides is 2. The summed E-state index contributed by atoms with van der Waals surface area (Å²) in [6.45, 7) is 2.47. The third-order valence-corrected chi connectivity index (χ3v) is 6.42. The maximum absolute atomic E-state index is 12.9. The molecule has 1 aliphatic heterocycles. The number of carbonyl (C=O) groups is 2. The molecule has 1 atom stereocenters. The molecule has 4 rings (SSSR count). The van der Waals surface area contributed by atoms with Crippen molar-refractivity contribution in [2.75, 3.05) is 12.0 Å². The first kappa shape index (κ1) is 22.2. The van der Waals surface area contributed by atoms with Gasteiger partial charge in [0.15, 0.2) is 11.5 Å². The zero-order valence-electron chi connectivity index (χ0n) is 17.7. The maximum Gasteiger partial charge on any atom is 0.293 e. The van der Waals surface area contributed by atoms with E-state index in [1.54, 1.807) is 31.4 Å². The van der Waals surface area contributed by atoms with Crippen LogP contribution in [-0.2, 0) is 17.8 Å². The minimum absolute atomic E-state index is 0.249. The van der Waals surface area contributed by atoms with Crippen molar-refractivity contribution in [3.05, 3.63) is 88.4 Å². The van der Waals surface area contributed by atoms with Crippen molar-refractivity contribution in [1.82, 2.24) is 0 Å². The summed E-state index contributed by atoms with van der Waals surface area (Å²) in [6, 6.07) is 20.5. The molecule has 0 aliphatic carbocycles. The molecule has 0 spiro atoms. The quantitative estimate of drug-likeness (QED) is 0.423. The van der Waals surface area contributed by atoms with Crippen molar-refractivity contribution >= 4 is 40.2 Å². The molecule has 0 unspecified atom stereocenters. The zero-order chi connectivity index (χ0) is 22.7. The summed E-state index contributed by atoms with van der Waals surface area (Å²) in [6.07, 6.45) is 0.404. The Hall–Kier alpha value is -2.96. The summed E-state index contributed by atoms with van der Waals surface area (Å²) in [5.41, 5.74) is 3.63. The smallest absolute Gasteiger partial charge is 0.293 e. The predicted octanol–water partition coefficient (Wildman–Crippen LogP) is 6.05. The number of nitrogens with zero attached hydrogens (tertiary/aromatic N) is 1. The lowest BCUT2D eigenvalue weighted by atomic mass is 10.1. The lowest BCUT2D eigenvalue weighted by Gasteiger charge is -2.15. The van der Waals surface area contributed by atoms with Crippen LogP contribution in [0.25, 0.3) is 0 Å². The van der Waals surface area contributed by atoms with Crippen LogP contribution < -0.4 is 14.4 Å². The molecule has 5 nitrogen and oxygen atoms in total. The Bertz CT molecular complexity index is 1150. The average Bonchev–Trinajstić information content (AvgIpc) is 3.06. The molecular formula is C25H22ClNO4S. The average molecular weight is 468 g/mol. The Balaban J connectivity index is 1.45. The fourth-order valence-electron chi connectivity index (χ4n) is 3.45. The third-order valence-electron chi connectivity index (χ3n) is 5.15. The summed E-state index contributed by atoms with van der Waals surface area (Å²) in [5, 5.41) is -0.333. The Kier molecular flexibility index (Phi) is 6.72. The van der Waals surface area contributed by atoms with Crippen LogP contribution in [0.1, 0.15) is 16.7 Å². The Morgan fingerprint density at radius 3 is 2.44 bits per heavy atom. The number of halogens is 1. The van der Waals surface area contributed by atoms with E-state index in [-0.39, 0.29) is 11.1 Å². The molecule has 164 valence electrons. The van der Waals surface area contributed by atoms with Gasteiger partial charge >= 0.3 is 0 Å². The molecule has 0 bridgehead atoms. The highest BCUT2D eigenvalue weighted by molar-refractivity contribution is 8.15. The second-order valence-corrected chi connectivity index (χ2v) is 9.08. The van der Waals surface area contributed by atoms with Crippen LogP contribution in [0.15, 0.2) is 66.7 Å². The molecule has 3 aromatic carbocycles. The van der Waals surface area contributed by atoms with Gasteiger partial charge in [0.2, 0.25) is 5.91 Å². The number of hydrogen-bond donors (Lipinski definition) is 0. The van der Waals surface area contributed by atoms with Crippen LogP contribution in [0.3, 0.4) is 0 Å². The second kappa shape index (κ2) is 9.67. The van der Waals surface area contributed by atoms with Gasteiger partial charge in [0.1, 0.15) is 6.61 Å². The first-order chi connectivity index (χ1) is 15.4. The highest BCUT2D eigenvalue weighted by Crippen LogP contribution is 2.36. The van der Waals surface area contributed by atoms with Crippen molar-refractivity contribution in [2.45, 2.75) is 25.2 Å². The van der Waals surface area contributed by atoms with Crippen LogP contribution in [-0.4, -0.2) is 23.5 Å². The van der Waals surface area contributed by atoms with E-state index >= 15 is 0 Å². The molecule has 1 saturated heterocycles. The Morgan fingerprint density at radius 1 is 0.969 bits per heavy atom. The van der Waals surface area contributed by atoms with Gasteiger partial charge in [-0.3, -0.25) is 9.59 Å². The number of anilines is 1. The number of thioether (sulfide) groups is 1. The van der Waals surface area contributed by atoms with E-state index in [9.17, 15) is 9.59 Å². The van der Waals surface area contributed by atoms with E-state index in [0.29, 0.717) is 35.2 Å². The number of methoxy groups -OCH3 is 1. The number of ether oxygens (including phenoxy) is 2. The predicted molar refractivity (Wildman–Crippen MR) is 128 cm³/mol. The molecular weight excluding hydrogens is 446 g/mol. The molecule has 0 radical (unpaired) electrons. The van der Waals surface area contributed by atoms with Gasteiger partial charge in [0.05, 0.1) is 18.0 Å². The molecule has 0 aromatic heterocycles. The van der Waals surface area contributed by atoms with Gasteiger partial charge in [-0.15, -0.1) is 0 Å². The standard InChI is InChI=1S/C25H22ClNO4S/c1-16-6-8-17(9-7-16)15-31-21-11-10-18(12-22(21)30-2)13-23-24(28)27(25(29)32-23)20-5-3-4-19(26)14-20/h3-12,14,23H,13,15H2,1-2H3/t23-/m0/s1. The van der Waals surface area contributed by atoms with Gasteiger partial charge in [-0.2, -0.15) is 0 Å². The van der Waals surface area contributed by atoms with Crippen molar-refractivity contribution in [3.8, 4) is 11.5 Å². The monoisotopic (exact) mass is 467 g/mol. The van der Waals surface area contributed by atoms with Crippen LogP contribution >= 0.6 is 23.4 Å². The molecule has 3 aromatic rings. The van der Waals surface area contributed by atoms with Gasteiger partial charge in [-0.05, 0) is 54.8 Å². The van der Waals surface area contributed by atoms with E-state index in [0.717, 1.165) is 22.9 Å². The molecule has 0 saturated carbocycles. The molecule has 7 heteroatoms. The summed E-state index contributed by atoms with van der Waals surface area (Å²) < 4.78 is 11.4. The molecule has 1 heterocycles. The SMILES string of the molecule is COc1cc(C[C@@H]2SC(=O)N(c3cccc(Cl)c3)C2=O)ccc1OCc1ccc(C)cc1. The number of rotatable bonds is 7. The number of benzene rings is 3. The van der Waals surface area contributed by atoms with Gasteiger partial charge in [-0.1, -0.05) is 65.3 Å². The summed E-state index contributed by atoms with van der Waals surface area (Å²) >= 11 is 7.05. The van der Waals surface area contributed by atoms with Crippen LogP contribution in [0.5, 0.6) is 11.5 Å². The van der Waals surface area contributed by atoms with Gasteiger partial charge in [0, 0.05) is 5.02 Å². The Morgan fingerprint density at radius 2 is 1.72 bits per heavy atom. The highest BCUT2D eigenvalue weighted by Gasteiger charge is 2.40. The highest BCUT2D eigenvalue weighted by atomic mass is 35.5. The van der Waals surface area contributed by atoms with Crippen molar-refractivity contribution in [2.24, 2.45) is 0 Å². The molecule has 0 N–H and O–H groups in total. The largest absolute Gasteiger partial charge is 0.493 e. The Labute approximate surface area is 196 Å². The van der Waals surface area contributed by atoms with E-state index in [4.69, 9.17) is 21.1 Å². The van der Waals surface area contributed by atoms with E-state index in [2.05, 4.69) is 0 Å². The van der Waals surface area contributed by atoms with Gasteiger partial charge < -0.3 is 9.47 Å². The zero-order valence-corrected chi connectivity index (χ0v) is 19.3. The van der Waals surface area contributed by atoms with E-state index in [1.807, 2.05) is 49.4 Å². The van der Waals surface area contributed by atoms with Gasteiger partial charge in [0.25, 0.3) is 5.24 Å². The van der Waals surface area contributed by atoms with Crippen molar-refractivity contribution in [3.63, 3.8) is 0 Å². The van der Waals surface area contributed by atoms with Crippen LogP contribution in [0.2, 0.25) is 5.02 Å². The van der Waals surface area contributed by atoms with Crippen LogP contribution in [0, 0.1) is 6.92 Å². The molecule has 1 fully saturated rings. The third kappa shape index (κ3) is 4.92. The first-order valence-corrected chi connectivity index (χ1v) is 11.4. The van der Waals surface area contributed by atoms with Crippen molar-refractivity contribution in [1.29, 1.82) is 0 Å².